The molecule has 0 amide bonds. The Morgan fingerprint density at radius 1 is 1.30 bits per heavy atom. The van der Waals surface area contributed by atoms with Crippen LogP contribution in [0.25, 0.3) is 4.96 Å². The molecule has 1 aromatic carbocycles. The molecule has 1 N–H and O–H groups in total. The van der Waals surface area contributed by atoms with Crippen molar-refractivity contribution in [2.24, 2.45) is 0 Å². The van der Waals surface area contributed by atoms with E-state index in [0.29, 0.717) is 10.8 Å². The Morgan fingerprint density at radius 2 is 2.04 bits per heavy atom. The number of fused-ring (bicyclic) bond motifs is 1. The van der Waals surface area contributed by atoms with Gasteiger partial charge in [-0.2, -0.15) is 4.52 Å². The summed E-state index contributed by atoms with van der Waals surface area (Å²) in [6.45, 7) is 7.54. The van der Waals surface area contributed by atoms with Gasteiger partial charge in [-0.15, -0.1) is 5.10 Å². The largest absolute Gasteiger partial charge is 0.497 e. The quantitative estimate of drug-likeness (QED) is 0.741. The number of aryl methyl sites for hydroxylation is 1. The van der Waals surface area contributed by atoms with Gasteiger partial charge in [0.05, 0.1) is 30.2 Å². The Balaban J connectivity index is 1.83. The lowest BCUT2D eigenvalue weighted by Crippen LogP contribution is -2.47. The highest BCUT2D eigenvalue weighted by molar-refractivity contribution is 7.17. The molecule has 0 saturated carbocycles. The minimum Gasteiger partial charge on any atom is -0.497 e. The molecule has 0 radical (unpaired) electrons. The zero-order chi connectivity index (χ0) is 19.1. The normalized spacial score (nSPS) is 22.2. The number of nitrogens with zero attached hydrogens (tertiary/aromatic N) is 4. The predicted molar refractivity (Wildman–Crippen MR) is 104 cm³/mol. The van der Waals surface area contributed by atoms with Crippen LogP contribution >= 0.6 is 11.3 Å². The molecule has 0 unspecified atom stereocenters. The van der Waals surface area contributed by atoms with E-state index in [1.807, 2.05) is 25.1 Å². The molecule has 7 nitrogen and oxygen atoms in total. The van der Waals surface area contributed by atoms with Crippen molar-refractivity contribution in [3.05, 3.63) is 40.5 Å². The average molecular weight is 388 g/mol. The molecule has 27 heavy (non-hydrogen) atoms. The molecule has 1 fully saturated rings. The van der Waals surface area contributed by atoms with Crippen molar-refractivity contribution in [1.29, 1.82) is 0 Å². The molecule has 0 spiro atoms. The maximum absolute atomic E-state index is 10.9. The van der Waals surface area contributed by atoms with Crippen LogP contribution in [0, 0.1) is 6.92 Å². The zero-order valence-corrected chi connectivity index (χ0v) is 16.7. The molecule has 1 aliphatic rings. The third-order valence-corrected chi connectivity index (χ3v) is 5.85. The fraction of sp³-hybridized carbons (Fsp3) is 0.474. The van der Waals surface area contributed by atoms with Crippen molar-refractivity contribution in [2.45, 2.75) is 39.0 Å². The maximum Gasteiger partial charge on any atom is 0.230 e. The number of hydrogen-bond acceptors (Lipinski definition) is 7. The van der Waals surface area contributed by atoms with Crippen molar-refractivity contribution in [3.8, 4) is 11.6 Å². The molecule has 3 atom stereocenters. The van der Waals surface area contributed by atoms with E-state index in [9.17, 15) is 5.11 Å². The van der Waals surface area contributed by atoms with Gasteiger partial charge in [0.1, 0.15) is 11.6 Å². The first-order chi connectivity index (χ1) is 13.0. The van der Waals surface area contributed by atoms with E-state index in [-0.39, 0.29) is 24.1 Å². The first kappa shape index (κ1) is 18.2. The molecular formula is C19H24N4O3S. The Bertz CT molecular complexity index is 944. The lowest BCUT2D eigenvalue weighted by atomic mass is 10.0. The number of benzene rings is 1. The van der Waals surface area contributed by atoms with E-state index < -0.39 is 0 Å². The van der Waals surface area contributed by atoms with Gasteiger partial charge in [-0.25, -0.2) is 4.98 Å². The van der Waals surface area contributed by atoms with Crippen LogP contribution in [0.4, 0.5) is 0 Å². The van der Waals surface area contributed by atoms with Gasteiger partial charge in [-0.05, 0) is 38.5 Å². The van der Waals surface area contributed by atoms with E-state index in [4.69, 9.17) is 9.47 Å². The van der Waals surface area contributed by atoms with E-state index in [1.165, 1.54) is 15.9 Å². The van der Waals surface area contributed by atoms with Crippen LogP contribution in [-0.2, 0) is 4.74 Å². The highest BCUT2D eigenvalue weighted by atomic mass is 32.1. The first-order valence-electron chi connectivity index (χ1n) is 9.04. The topological polar surface area (TPSA) is 72.1 Å². The third-order valence-electron chi connectivity index (χ3n) is 4.78. The van der Waals surface area contributed by atoms with Crippen LogP contribution in [0.3, 0.4) is 0 Å². The van der Waals surface area contributed by atoms with Gasteiger partial charge >= 0.3 is 0 Å². The number of thiazole rings is 1. The van der Waals surface area contributed by atoms with Crippen LogP contribution < -0.4 is 4.74 Å². The minimum atomic E-state index is -0.122. The molecule has 0 bridgehead atoms. The SMILES string of the molecule is COc1cccc([C@@H](c2sc3nc(C)nn3c2O)N2C[C@@H](C)O[C@@H](C)C2)c1. The number of rotatable bonds is 4. The molecule has 2 aromatic heterocycles. The van der Waals surface area contributed by atoms with Crippen molar-refractivity contribution < 1.29 is 14.6 Å². The van der Waals surface area contributed by atoms with E-state index >= 15 is 0 Å². The summed E-state index contributed by atoms with van der Waals surface area (Å²) in [6, 6.07) is 7.88. The Morgan fingerprint density at radius 3 is 2.70 bits per heavy atom. The molecule has 8 heteroatoms. The number of aromatic nitrogens is 3. The second-order valence-corrected chi connectivity index (χ2v) is 8.04. The van der Waals surface area contributed by atoms with Gasteiger partial charge in [0.2, 0.25) is 10.8 Å². The van der Waals surface area contributed by atoms with Crippen LogP contribution in [0.2, 0.25) is 0 Å². The molecule has 144 valence electrons. The summed E-state index contributed by atoms with van der Waals surface area (Å²) in [5.74, 6) is 1.59. The van der Waals surface area contributed by atoms with Crippen molar-refractivity contribution >= 4 is 16.3 Å². The standard InChI is InChI=1S/C19H24N4O3S/c1-11-9-22(10-12(2)26-11)16(14-6-5-7-15(8-14)25-4)17-18(24)23-19(27-17)20-13(3)21-23/h5-8,11-12,16,24H,9-10H2,1-4H3/t11-,12+,16-/m0/s1. The number of ether oxygens (including phenoxy) is 2. The summed E-state index contributed by atoms with van der Waals surface area (Å²) in [5.41, 5.74) is 1.06. The van der Waals surface area contributed by atoms with Gasteiger partial charge in [0.25, 0.3) is 0 Å². The average Bonchev–Trinajstić information content (AvgIpc) is 3.12. The fourth-order valence-corrected chi connectivity index (χ4v) is 4.96. The summed E-state index contributed by atoms with van der Waals surface area (Å²) >= 11 is 1.47. The van der Waals surface area contributed by atoms with Gasteiger partial charge < -0.3 is 14.6 Å². The second-order valence-electron chi connectivity index (χ2n) is 7.03. The van der Waals surface area contributed by atoms with Gasteiger partial charge in [-0.3, -0.25) is 4.90 Å². The number of methoxy groups -OCH3 is 1. The molecule has 3 heterocycles. The lowest BCUT2D eigenvalue weighted by Gasteiger charge is -2.40. The number of hydrogen-bond donors (Lipinski definition) is 1. The Labute approximate surface area is 162 Å². The first-order valence-corrected chi connectivity index (χ1v) is 9.86. The summed E-state index contributed by atoms with van der Waals surface area (Å²) in [4.78, 5) is 8.30. The maximum atomic E-state index is 10.9. The smallest absolute Gasteiger partial charge is 0.230 e. The zero-order valence-electron chi connectivity index (χ0n) is 15.9. The molecule has 3 aromatic rings. The summed E-state index contributed by atoms with van der Waals surface area (Å²) in [7, 11) is 1.66. The summed E-state index contributed by atoms with van der Waals surface area (Å²) < 4.78 is 12.9. The monoisotopic (exact) mass is 388 g/mol. The second kappa shape index (κ2) is 7.10. The van der Waals surface area contributed by atoms with Crippen molar-refractivity contribution in [3.63, 3.8) is 0 Å². The number of aromatic hydroxyl groups is 1. The molecular weight excluding hydrogens is 364 g/mol. The summed E-state index contributed by atoms with van der Waals surface area (Å²) in [6.07, 6.45) is 0.238. The van der Waals surface area contributed by atoms with E-state index in [0.717, 1.165) is 29.3 Å². The molecule has 1 saturated heterocycles. The fourth-order valence-electron chi connectivity index (χ4n) is 3.79. The van der Waals surface area contributed by atoms with Crippen LogP contribution in [0.5, 0.6) is 11.6 Å². The third kappa shape index (κ3) is 3.40. The van der Waals surface area contributed by atoms with Crippen LogP contribution in [-0.4, -0.2) is 57.0 Å². The molecule has 1 aliphatic heterocycles. The van der Waals surface area contributed by atoms with Crippen molar-refractivity contribution in [1.82, 2.24) is 19.5 Å². The van der Waals surface area contributed by atoms with E-state index in [2.05, 4.69) is 34.9 Å². The minimum absolute atomic E-state index is 0.119. The predicted octanol–water partition coefficient (Wildman–Crippen LogP) is 3.01. The van der Waals surface area contributed by atoms with Gasteiger partial charge in [-0.1, -0.05) is 23.5 Å². The van der Waals surface area contributed by atoms with Crippen LogP contribution in [0.1, 0.15) is 36.2 Å². The Hall–Kier alpha value is -2.16. The highest BCUT2D eigenvalue weighted by Crippen LogP contribution is 2.41. The lowest BCUT2D eigenvalue weighted by molar-refractivity contribution is -0.0764. The van der Waals surface area contributed by atoms with Gasteiger partial charge in [0.15, 0.2) is 0 Å². The van der Waals surface area contributed by atoms with Crippen molar-refractivity contribution in [2.75, 3.05) is 20.2 Å². The Kier molecular flexibility index (Phi) is 4.79. The molecule has 0 aliphatic carbocycles. The van der Waals surface area contributed by atoms with E-state index in [1.54, 1.807) is 7.11 Å². The van der Waals surface area contributed by atoms with Crippen LogP contribution in [0.15, 0.2) is 24.3 Å². The molecule has 4 rings (SSSR count). The highest BCUT2D eigenvalue weighted by Gasteiger charge is 2.34. The number of morpholine rings is 1. The van der Waals surface area contributed by atoms with Gasteiger partial charge in [0, 0.05) is 13.1 Å². The summed E-state index contributed by atoms with van der Waals surface area (Å²) in [5, 5.41) is 15.2.